The zero-order valence-corrected chi connectivity index (χ0v) is 13.1. The van der Waals surface area contributed by atoms with Crippen molar-refractivity contribution in [1.29, 1.82) is 0 Å². The Kier molecular flexibility index (Phi) is 5.84. The van der Waals surface area contributed by atoms with Crippen LogP contribution in [0.1, 0.15) is 36.0 Å². The number of aromatic carboxylic acids is 1. The Hall–Kier alpha value is -1.64. The average molecular weight is 346 g/mol. The third-order valence-corrected chi connectivity index (χ3v) is 4.22. The third-order valence-electron chi connectivity index (χ3n) is 4.22. The van der Waals surface area contributed by atoms with Gasteiger partial charge in [-0.15, -0.1) is 0 Å². The predicted molar refractivity (Wildman–Crippen MR) is 81.5 cm³/mol. The van der Waals surface area contributed by atoms with E-state index in [9.17, 15) is 18.0 Å². The van der Waals surface area contributed by atoms with Gasteiger partial charge in [-0.1, -0.05) is 18.2 Å². The van der Waals surface area contributed by atoms with Gasteiger partial charge in [-0.2, -0.15) is 13.2 Å². The molecular weight excluding hydrogens is 325 g/mol. The highest BCUT2D eigenvalue weighted by Gasteiger charge is 2.51. The molecule has 0 radical (unpaired) electrons. The molecule has 0 bridgehead atoms. The molecule has 1 aromatic rings. The normalized spacial score (nSPS) is 29.8. The second kappa shape index (κ2) is 7.50. The highest BCUT2D eigenvalue weighted by molar-refractivity contribution is 5.87. The van der Waals surface area contributed by atoms with Gasteiger partial charge in [-0.3, -0.25) is 5.32 Å². The van der Waals surface area contributed by atoms with E-state index >= 15 is 0 Å². The number of alkyl halides is 3. The highest BCUT2D eigenvalue weighted by atomic mass is 19.4. The van der Waals surface area contributed by atoms with Crippen molar-refractivity contribution in [3.63, 3.8) is 0 Å². The number of carboxylic acid groups (broad SMARTS) is 1. The molecule has 5 nitrogen and oxygen atoms in total. The van der Waals surface area contributed by atoms with Crippen LogP contribution in [0.15, 0.2) is 30.3 Å². The van der Waals surface area contributed by atoms with Gasteiger partial charge in [0.05, 0.1) is 12.2 Å². The Balaban J connectivity index is 0.000000198. The fourth-order valence-electron chi connectivity index (χ4n) is 2.80. The molecule has 2 aliphatic rings. The lowest BCUT2D eigenvalue weighted by Crippen LogP contribution is -2.52. The number of carboxylic acids is 1. The van der Waals surface area contributed by atoms with Crippen LogP contribution in [0.4, 0.5) is 13.2 Å². The number of benzene rings is 1. The molecule has 3 rings (SSSR count). The zero-order valence-electron chi connectivity index (χ0n) is 13.1. The van der Waals surface area contributed by atoms with Crippen LogP contribution in [-0.4, -0.2) is 41.7 Å². The maximum absolute atomic E-state index is 12.4. The summed E-state index contributed by atoms with van der Waals surface area (Å²) in [5, 5.41) is 10.9. The summed E-state index contributed by atoms with van der Waals surface area (Å²) >= 11 is 0. The number of carbonyl (C=O) groups is 1. The monoisotopic (exact) mass is 346 g/mol. The number of nitrogens with one attached hydrogen (secondary N) is 1. The summed E-state index contributed by atoms with van der Waals surface area (Å²) in [6, 6.07) is 6.88. The first-order valence-corrected chi connectivity index (χ1v) is 7.74. The van der Waals surface area contributed by atoms with Gasteiger partial charge in [0.1, 0.15) is 11.8 Å². The topological polar surface area (TPSA) is 84.6 Å². The smallest absolute Gasteiger partial charge is 0.406 e. The van der Waals surface area contributed by atoms with Crippen LogP contribution >= 0.6 is 0 Å². The number of hydrogen-bond acceptors (Lipinski definition) is 4. The molecule has 2 fully saturated rings. The molecule has 1 saturated carbocycles. The maximum Gasteiger partial charge on any atom is 0.406 e. The molecule has 0 amide bonds. The Morgan fingerprint density at radius 1 is 1.25 bits per heavy atom. The minimum atomic E-state index is -4.22. The first-order chi connectivity index (χ1) is 11.2. The van der Waals surface area contributed by atoms with Crippen molar-refractivity contribution in [1.82, 2.24) is 5.32 Å². The highest BCUT2D eigenvalue weighted by Crippen LogP contribution is 2.36. The summed E-state index contributed by atoms with van der Waals surface area (Å²) in [6.45, 7) is -0.279. The van der Waals surface area contributed by atoms with Crippen molar-refractivity contribution in [2.24, 2.45) is 5.73 Å². The van der Waals surface area contributed by atoms with Crippen LogP contribution < -0.4 is 11.1 Å². The fourth-order valence-corrected chi connectivity index (χ4v) is 2.80. The number of nitrogens with two attached hydrogens (primary N) is 1. The minimum absolute atomic E-state index is 0.103. The van der Waals surface area contributed by atoms with Crippen LogP contribution in [0.25, 0.3) is 0 Å². The Morgan fingerprint density at radius 2 is 1.83 bits per heavy atom. The van der Waals surface area contributed by atoms with E-state index in [-0.39, 0.29) is 12.6 Å². The SMILES string of the molecule is NC1CCC2(CC1)N[C@H](C(F)(F)F)CO2.O=C(O)c1ccccc1. The molecular formula is C16H21F3N2O3. The zero-order chi connectivity index (χ0) is 17.8. The van der Waals surface area contributed by atoms with E-state index in [1.54, 1.807) is 30.3 Å². The van der Waals surface area contributed by atoms with Gasteiger partial charge in [0, 0.05) is 6.04 Å². The molecule has 1 aliphatic heterocycles. The van der Waals surface area contributed by atoms with Crippen molar-refractivity contribution >= 4 is 5.97 Å². The van der Waals surface area contributed by atoms with Gasteiger partial charge in [0.2, 0.25) is 0 Å². The second-order valence-corrected chi connectivity index (χ2v) is 6.05. The van der Waals surface area contributed by atoms with Gasteiger partial charge < -0.3 is 15.6 Å². The number of hydrogen-bond donors (Lipinski definition) is 3. The largest absolute Gasteiger partial charge is 0.478 e. The lowest BCUT2D eigenvalue weighted by Gasteiger charge is -2.35. The van der Waals surface area contributed by atoms with Crippen molar-refractivity contribution in [2.45, 2.75) is 49.7 Å². The van der Waals surface area contributed by atoms with Crippen molar-refractivity contribution < 1.29 is 27.8 Å². The summed E-state index contributed by atoms with van der Waals surface area (Å²) < 4.78 is 42.5. The van der Waals surface area contributed by atoms with Crippen LogP contribution in [0.2, 0.25) is 0 Å². The lowest BCUT2D eigenvalue weighted by atomic mass is 9.88. The van der Waals surface area contributed by atoms with E-state index in [2.05, 4.69) is 5.32 Å². The predicted octanol–water partition coefficient (Wildman–Crippen LogP) is 2.52. The first-order valence-electron chi connectivity index (χ1n) is 7.74. The molecule has 8 heteroatoms. The van der Waals surface area contributed by atoms with Crippen molar-refractivity contribution in [3.05, 3.63) is 35.9 Å². The molecule has 1 aliphatic carbocycles. The van der Waals surface area contributed by atoms with Gasteiger partial charge in [0.15, 0.2) is 0 Å². The molecule has 1 spiro atoms. The van der Waals surface area contributed by atoms with Gasteiger partial charge >= 0.3 is 12.1 Å². The summed E-state index contributed by atoms with van der Waals surface area (Å²) in [7, 11) is 0. The quantitative estimate of drug-likeness (QED) is 0.728. The van der Waals surface area contributed by atoms with Crippen LogP contribution in [-0.2, 0) is 4.74 Å². The summed E-state index contributed by atoms with van der Waals surface area (Å²) in [5.41, 5.74) is 5.26. The minimum Gasteiger partial charge on any atom is -0.478 e. The average Bonchev–Trinajstić information content (AvgIpc) is 2.96. The molecule has 0 unspecified atom stereocenters. The van der Waals surface area contributed by atoms with E-state index < -0.39 is 23.9 Å². The van der Waals surface area contributed by atoms with E-state index in [1.165, 1.54) is 0 Å². The standard InChI is InChI=1S/C9H15F3N2O.C7H6O2/c10-9(11,12)7-5-15-8(14-7)3-1-6(13)2-4-8;8-7(9)6-4-2-1-3-5-6/h6-7,14H,1-5,13H2;1-5H,(H,8,9)/t6?,7-,8?;/m0./s1. The number of rotatable bonds is 1. The third kappa shape index (κ3) is 4.93. The molecule has 1 aromatic carbocycles. The van der Waals surface area contributed by atoms with Crippen molar-refractivity contribution in [3.8, 4) is 0 Å². The van der Waals surface area contributed by atoms with Gasteiger partial charge in [-0.25, -0.2) is 4.79 Å². The summed E-state index contributed by atoms with van der Waals surface area (Å²) in [5.74, 6) is -0.879. The second-order valence-electron chi connectivity index (χ2n) is 6.05. The molecule has 1 heterocycles. The summed E-state index contributed by atoms with van der Waals surface area (Å²) in [4.78, 5) is 10.2. The lowest BCUT2D eigenvalue weighted by molar-refractivity contribution is -0.152. The Morgan fingerprint density at radius 3 is 2.25 bits per heavy atom. The van der Waals surface area contributed by atoms with E-state index in [1.807, 2.05) is 0 Å². The van der Waals surface area contributed by atoms with E-state index in [0.717, 1.165) is 12.8 Å². The van der Waals surface area contributed by atoms with Crippen LogP contribution in [0, 0.1) is 0 Å². The molecule has 1 atom stereocenters. The molecule has 134 valence electrons. The van der Waals surface area contributed by atoms with E-state index in [0.29, 0.717) is 18.4 Å². The summed E-state index contributed by atoms with van der Waals surface area (Å²) in [6.07, 6.45) is -1.64. The van der Waals surface area contributed by atoms with Crippen LogP contribution in [0.3, 0.4) is 0 Å². The van der Waals surface area contributed by atoms with E-state index in [4.69, 9.17) is 15.6 Å². The van der Waals surface area contributed by atoms with Crippen molar-refractivity contribution in [2.75, 3.05) is 6.61 Å². The Bertz CT molecular complexity index is 543. The number of ether oxygens (including phenoxy) is 1. The molecule has 0 aromatic heterocycles. The molecule has 24 heavy (non-hydrogen) atoms. The molecule has 4 N–H and O–H groups in total. The van der Waals surface area contributed by atoms with Gasteiger partial charge in [-0.05, 0) is 37.8 Å². The fraction of sp³-hybridized carbons (Fsp3) is 0.562. The van der Waals surface area contributed by atoms with Crippen LogP contribution in [0.5, 0.6) is 0 Å². The first kappa shape index (κ1) is 18.7. The Labute approximate surface area is 138 Å². The number of halogens is 3. The van der Waals surface area contributed by atoms with Gasteiger partial charge in [0.25, 0.3) is 0 Å². The molecule has 1 saturated heterocycles. The maximum atomic E-state index is 12.4.